The highest BCUT2D eigenvalue weighted by atomic mass is 28.3. The van der Waals surface area contributed by atoms with E-state index in [0.717, 1.165) is 29.6 Å². The quantitative estimate of drug-likeness (QED) is 0.630. The third-order valence-corrected chi connectivity index (χ3v) is 9.40. The third kappa shape index (κ3) is 2.05. The summed E-state index contributed by atoms with van der Waals surface area (Å²) in [5.74, 6) is 0.217. The lowest BCUT2D eigenvalue weighted by molar-refractivity contribution is 0.112. The molecule has 0 aliphatic heterocycles. The Morgan fingerprint density at radius 2 is 1.75 bits per heavy atom. The Morgan fingerprint density at radius 1 is 1.19 bits per heavy atom. The lowest BCUT2D eigenvalue weighted by atomic mass is 10.2. The first-order valence-corrected chi connectivity index (χ1v) is 8.55. The molecule has 3 heteroatoms. The van der Waals surface area contributed by atoms with Gasteiger partial charge in [-0.3, -0.25) is 4.79 Å². The van der Waals surface area contributed by atoms with Crippen molar-refractivity contribution in [3.8, 4) is 5.75 Å². The molecule has 0 unspecified atom stereocenters. The maximum atomic E-state index is 10.8. The van der Waals surface area contributed by atoms with Crippen molar-refractivity contribution in [2.45, 2.75) is 38.9 Å². The normalized spacial score (nSPS) is 11.4. The van der Waals surface area contributed by atoms with Gasteiger partial charge in [-0.2, -0.15) is 0 Å². The van der Waals surface area contributed by atoms with Crippen molar-refractivity contribution in [2.24, 2.45) is 0 Å². The van der Waals surface area contributed by atoms with Gasteiger partial charge in [-0.25, -0.2) is 0 Å². The number of hydrogen-bond donors (Lipinski definition) is 1. The first kappa shape index (κ1) is 13.0. The van der Waals surface area contributed by atoms with E-state index in [1.54, 1.807) is 6.07 Å². The van der Waals surface area contributed by atoms with Gasteiger partial charge >= 0.3 is 0 Å². The van der Waals surface area contributed by atoms with Crippen LogP contribution >= 0.6 is 0 Å². The first-order valence-electron chi connectivity index (χ1n) is 5.92. The van der Waals surface area contributed by atoms with Crippen LogP contribution in [0, 0.1) is 0 Å². The molecule has 0 aromatic heterocycles. The van der Waals surface area contributed by atoms with Crippen molar-refractivity contribution in [1.82, 2.24) is 0 Å². The molecule has 1 rings (SSSR count). The molecule has 0 atom stereocenters. The molecule has 0 spiro atoms. The van der Waals surface area contributed by atoms with Gasteiger partial charge in [0.1, 0.15) is 5.75 Å². The Kier molecular flexibility index (Phi) is 4.30. The smallest absolute Gasteiger partial charge is 0.153 e. The van der Waals surface area contributed by atoms with Gasteiger partial charge in [0.15, 0.2) is 6.29 Å². The van der Waals surface area contributed by atoms with Crippen molar-refractivity contribution in [1.29, 1.82) is 0 Å². The molecular weight excluding hydrogens is 216 g/mol. The fourth-order valence-corrected chi connectivity index (χ4v) is 6.14. The number of phenolic OH excluding ortho intramolecular Hbond substituents is 1. The van der Waals surface area contributed by atoms with Gasteiger partial charge in [-0.05, 0) is 11.3 Å². The second-order valence-corrected chi connectivity index (χ2v) is 9.42. The molecule has 16 heavy (non-hydrogen) atoms. The maximum absolute atomic E-state index is 10.8. The van der Waals surface area contributed by atoms with E-state index < -0.39 is 8.07 Å². The van der Waals surface area contributed by atoms with Gasteiger partial charge < -0.3 is 5.11 Å². The minimum absolute atomic E-state index is 0.217. The van der Waals surface area contributed by atoms with Crippen molar-refractivity contribution in [3.05, 3.63) is 23.8 Å². The minimum atomic E-state index is -1.59. The van der Waals surface area contributed by atoms with E-state index in [1.165, 1.54) is 0 Å². The number of benzene rings is 1. The van der Waals surface area contributed by atoms with Crippen LogP contribution in [0.15, 0.2) is 18.2 Å². The van der Waals surface area contributed by atoms with Gasteiger partial charge in [-0.15, -0.1) is 0 Å². The topological polar surface area (TPSA) is 37.3 Å². The lowest BCUT2D eigenvalue weighted by Crippen LogP contribution is -2.46. The number of rotatable bonds is 5. The standard InChI is InChI=1S/C13H20O2Si/c1-4-16(5-2,6-3)12-9-7-8-11(10-14)13(12)15/h7-10,15H,4-6H2,1-3H3. The second kappa shape index (κ2) is 5.30. The molecule has 0 bridgehead atoms. The van der Waals surface area contributed by atoms with Crippen LogP contribution in [-0.4, -0.2) is 19.5 Å². The van der Waals surface area contributed by atoms with E-state index in [0.29, 0.717) is 5.56 Å². The van der Waals surface area contributed by atoms with Crippen LogP contribution in [0.4, 0.5) is 0 Å². The van der Waals surface area contributed by atoms with Crippen LogP contribution in [0.2, 0.25) is 18.1 Å². The fraction of sp³-hybridized carbons (Fsp3) is 0.462. The molecule has 0 saturated carbocycles. The van der Waals surface area contributed by atoms with Gasteiger partial charge in [0, 0.05) is 0 Å². The molecule has 2 nitrogen and oxygen atoms in total. The molecule has 0 aliphatic rings. The van der Waals surface area contributed by atoms with Crippen molar-refractivity contribution >= 4 is 19.5 Å². The van der Waals surface area contributed by atoms with E-state index in [9.17, 15) is 9.90 Å². The largest absolute Gasteiger partial charge is 0.507 e. The second-order valence-electron chi connectivity index (χ2n) is 4.20. The van der Waals surface area contributed by atoms with Crippen molar-refractivity contribution < 1.29 is 9.90 Å². The summed E-state index contributed by atoms with van der Waals surface area (Å²) in [4.78, 5) is 10.8. The molecule has 0 amide bonds. The predicted octanol–water partition coefficient (Wildman–Crippen LogP) is 2.92. The average molecular weight is 236 g/mol. The van der Waals surface area contributed by atoms with Gasteiger partial charge in [-0.1, -0.05) is 51.0 Å². The molecule has 1 aromatic rings. The zero-order valence-electron chi connectivity index (χ0n) is 10.3. The number of hydrogen-bond acceptors (Lipinski definition) is 2. The van der Waals surface area contributed by atoms with Crippen LogP contribution in [0.3, 0.4) is 0 Å². The molecular formula is C13H20O2Si. The van der Waals surface area contributed by atoms with Gasteiger partial charge in [0.05, 0.1) is 13.6 Å². The summed E-state index contributed by atoms with van der Waals surface area (Å²) in [5.41, 5.74) is 0.421. The Labute approximate surface area is 98.3 Å². The number of aromatic hydroxyl groups is 1. The highest BCUT2D eigenvalue weighted by molar-refractivity contribution is 6.92. The number of phenols is 1. The Morgan fingerprint density at radius 3 is 2.19 bits per heavy atom. The maximum Gasteiger partial charge on any atom is 0.153 e. The van der Waals surface area contributed by atoms with Crippen LogP contribution in [0.25, 0.3) is 0 Å². The summed E-state index contributed by atoms with van der Waals surface area (Å²) in [5, 5.41) is 11.2. The number of carbonyl (C=O) groups is 1. The Balaban J connectivity index is 3.35. The highest BCUT2D eigenvalue weighted by Gasteiger charge is 2.32. The summed E-state index contributed by atoms with van der Waals surface area (Å²) < 4.78 is 0. The molecule has 1 aromatic carbocycles. The first-order chi connectivity index (χ1) is 7.65. The zero-order chi connectivity index (χ0) is 12.2. The number of carbonyl (C=O) groups excluding carboxylic acids is 1. The molecule has 0 saturated heterocycles. The molecule has 88 valence electrons. The molecule has 0 aliphatic carbocycles. The van der Waals surface area contributed by atoms with Crippen LogP contribution in [0.1, 0.15) is 31.1 Å². The van der Waals surface area contributed by atoms with Gasteiger partial charge in [0.2, 0.25) is 0 Å². The lowest BCUT2D eigenvalue weighted by Gasteiger charge is -2.29. The summed E-state index contributed by atoms with van der Waals surface area (Å²) in [6, 6.07) is 8.86. The summed E-state index contributed by atoms with van der Waals surface area (Å²) in [7, 11) is -1.59. The fourth-order valence-electron chi connectivity index (χ4n) is 2.41. The number of para-hydroxylation sites is 1. The van der Waals surface area contributed by atoms with Crippen LogP contribution in [0.5, 0.6) is 5.75 Å². The Hall–Kier alpha value is -1.09. The van der Waals surface area contributed by atoms with E-state index in [-0.39, 0.29) is 5.75 Å². The van der Waals surface area contributed by atoms with E-state index >= 15 is 0 Å². The van der Waals surface area contributed by atoms with E-state index in [4.69, 9.17) is 0 Å². The summed E-state index contributed by atoms with van der Waals surface area (Å²) in [6.07, 6.45) is 0.735. The van der Waals surface area contributed by atoms with E-state index in [2.05, 4.69) is 20.8 Å². The van der Waals surface area contributed by atoms with Crippen LogP contribution in [-0.2, 0) is 0 Å². The van der Waals surface area contributed by atoms with Crippen molar-refractivity contribution in [2.75, 3.05) is 0 Å². The predicted molar refractivity (Wildman–Crippen MR) is 70.3 cm³/mol. The molecule has 1 N–H and O–H groups in total. The van der Waals surface area contributed by atoms with E-state index in [1.807, 2.05) is 12.1 Å². The summed E-state index contributed by atoms with van der Waals surface area (Å²) >= 11 is 0. The number of aldehydes is 1. The molecule has 0 radical (unpaired) electrons. The summed E-state index contributed by atoms with van der Waals surface area (Å²) in [6.45, 7) is 6.56. The zero-order valence-corrected chi connectivity index (χ0v) is 11.3. The molecule has 0 fully saturated rings. The Bertz CT molecular complexity index is 362. The van der Waals surface area contributed by atoms with Crippen LogP contribution < -0.4 is 5.19 Å². The van der Waals surface area contributed by atoms with Crippen molar-refractivity contribution in [3.63, 3.8) is 0 Å². The average Bonchev–Trinajstić information content (AvgIpc) is 2.34. The SMILES string of the molecule is CC[Si](CC)(CC)c1cccc(C=O)c1O. The molecule has 0 heterocycles. The minimum Gasteiger partial charge on any atom is -0.507 e. The monoisotopic (exact) mass is 236 g/mol. The third-order valence-electron chi connectivity index (χ3n) is 3.80. The highest BCUT2D eigenvalue weighted by Crippen LogP contribution is 2.25. The van der Waals surface area contributed by atoms with Gasteiger partial charge in [0.25, 0.3) is 0 Å².